The molecule has 28 heavy (non-hydrogen) atoms. The van der Waals surface area contributed by atoms with Crippen LogP contribution in [0.3, 0.4) is 0 Å². The van der Waals surface area contributed by atoms with Gasteiger partial charge in [-0.2, -0.15) is 0 Å². The number of rotatable bonds is 5. The van der Waals surface area contributed by atoms with Gasteiger partial charge in [0, 0.05) is 22.8 Å². The van der Waals surface area contributed by atoms with Crippen molar-refractivity contribution in [3.8, 4) is 0 Å². The molecule has 1 N–H and O–H groups in total. The molecule has 1 aliphatic heterocycles. The molecule has 0 bridgehead atoms. The van der Waals surface area contributed by atoms with Crippen LogP contribution in [0.15, 0.2) is 114 Å². The van der Waals surface area contributed by atoms with Crippen molar-refractivity contribution in [2.45, 2.75) is 25.8 Å². The third-order valence-corrected chi connectivity index (χ3v) is 5.29. The predicted octanol–water partition coefficient (Wildman–Crippen LogP) is 6.91. The summed E-state index contributed by atoms with van der Waals surface area (Å²) in [6.07, 6.45) is 15.1. The molecule has 0 spiro atoms. The van der Waals surface area contributed by atoms with Crippen molar-refractivity contribution in [2.24, 2.45) is 0 Å². The maximum Gasteiger partial charge on any atom is 0.0593 e. The van der Waals surface area contributed by atoms with E-state index in [1.54, 1.807) is 0 Å². The summed E-state index contributed by atoms with van der Waals surface area (Å²) in [5.74, 6) is 0. The Morgan fingerprint density at radius 2 is 1.71 bits per heavy atom. The van der Waals surface area contributed by atoms with Gasteiger partial charge in [0.05, 0.1) is 6.04 Å². The van der Waals surface area contributed by atoms with Gasteiger partial charge >= 0.3 is 0 Å². The van der Waals surface area contributed by atoms with Crippen molar-refractivity contribution in [3.05, 3.63) is 114 Å². The molecule has 2 nitrogen and oxygen atoms in total. The van der Waals surface area contributed by atoms with Crippen molar-refractivity contribution in [3.63, 3.8) is 0 Å². The third-order valence-electron chi connectivity index (χ3n) is 5.29. The fourth-order valence-corrected chi connectivity index (χ4v) is 3.91. The first kappa shape index (κ1) is 18.1. The molecule has 140 valence electrons. The average Bonchev–Trinajstić information content (AvgIpc) is 2.92. The minimum Gasteiger partial charge on any atom is -0.356 e. The number of benzene rings is 2. The second kappa shape index (κ2) is 8.18. The number of hydrogen-bond acceptors (Lipinski definition) is 2. The van der Waals surface area contributed by atoms with Crippen LogP contribution in [-0.2, 0) is 0 Å². The zero-order valence-electron chi connectivity index (χ0n) is 16.3. The van der Waals surface area contributed by atoms with Crippen molar-refractivity contribution < 1.29 is 0 Å². The van der Waals surface area contributed by atoms with Crippen LogP contribution in [0.1, 0.15) is 19.8 Å². The van der Waals surface area contributed by atoms with Gasteiger partial charge in [0.1, 0.15) is 0 Å². The third kappa shape index (κ3) is 3.72. The number of para-hydroxylation sites is 1. The van der Waals surface area contributed by atoms with E-state index in [1.807, 2.05) is 24.3 Å². The Balaban J connectivity index is 1.65. The summed E-state index contributed by atoms with van der Waals surface area (Å²) in [5, 5.41) is 3.46. The van der Waals surface area contributed by atoms with Gasteiger partial charge in [0.25, 0.3) is 0 Å². The lowest BCUT2D eigenvalue weighted by Crippen LogP contribution is -2.30. The highest BCUT2D eigenvalue weighted by Gasteiger charge is 2.31. The highest BCUT2D eigenvalue weighted by molar-refractivity contribution is 5.68. The molecule has 0 fully saturated rings. The lowest BCUT2D eigenvalue weighted by molar-refractivity contribution is 0.770. The summed E-state index contributed by atoms with van der Waals surface area (Å²) in [6.45, 7) is 6.08. The minimum absolute atomic E-state index is 0.323. The van der Waals surface area contributed by atoms with Crippen molar-refractivity contribution in [2.75, 3.05) is 10.2 Å². The van der Waals surface area contributed by atoms with Crippen molar-refractivity contribution in [1.82, 2.24) is 0 Å². The molecular weight excluding hydrogens is 340 g/mol. The van der Waals surface area contributed by atoms with Crippen molar-refractivity contribution >= 4 is 17.1 Å². The van der Waals surface area contributed by atoms with Gasteiger partial charge in [-0.1, -0.05) is 60.7 Å². The van der Waals surface area contributed by atoms with Gasteiger partial charge in [-0.05, 0) is 67.8 Å². The molecule has 2 heteroatoms. The molecule has 1 atom stereocenters. The Morgan fingerprint density at radius 3 is 2.46 bits per heavy atom. The Kier molecular flexibility index (Phi) is 5.29. The summed E-state index contributed by atoms with van der Waals surface area (Å²) in [7, 11) is 0. The van der Waals surface area contributed by atoms with E-state index in [0.717, 1.165) is 24.2 Å². The molecular formula is C26H26N2. The molecule has 0 saturated heterocycles. The molecule has 2 aliphatic rings. The second-order valence-electron chi connectivity index (χ2n) is 7.23. The van der Waals surface area contributed by atoms with Crippen LogP contribution in [0, 0.1) is 0 Å². The first-order valence-corrected chi connectivity index (χ1v) is 9.83. The van der Waals surface area contributed by atoms with Crippen LogP contribution < -0.4 is 10.2 Å². The molecule has 2 aromatic carbocycles. The van der Waals surface area contributed by atoms with E-state index in [4.69, 9.17) is 0 Å². The van der Waals surface area contributed by atoms with E-state index >= 15 is 0 Å². The lowest BCUT2D eigenvalue weighted by Gasteiger charge is -2.30. The van der Waals surface area contributed by atoms with Gasteiger partial charge in [-0.15, -0.1) is 0 Å². The molecule has 4 rings (SSSR count). The summed E-state index contributed by atoms with van der Waals surface area (Å²) >= 11 is 0. The van der Waals surface area contributed by atoms with Crippen LogP contribution in [0.2, 0.25) is 0 Å². The summed E-state index contributed by atoms with van der Waals surface area (Å²) in [4.78, 5) is 2.46. The van der Waals surface area contributed by atoms with E-state index in [1.165, 1.54) is 22.5 Å². The lowest BCUT2D eigenvalue weighted by atomic mass is 10.0. The van der Waals surface area contributed by atoms with Crippen molar-refractivity contribution in [1.29, 1.82) is 0 Å². The highest BCUT2D eigenvalue weighted by atomic mass is 15.2. The Morgan fingerprint density at radius 1 is 1.00 bits per heavy atom. The molecule has 0 saturated carbocycles. The Bertz CT molecular complexity index is 959. The van der Waals surface area contributed by atoms with Crippen LogP contribution in [0.4, 0.5) is 17.1 Å². The number of anilines is 3. The van der Waals surface area contributed by atoms with Crippen LogP contribution in [0.5, 0.6) is 0 Å². The van der Waals surface area contributed by atoms with E-state index in [9.17, 15) is 0 Å². The largest absolute Gasteiger partial charge is 0.356 e. The molecule has 1 unspecified atom stereocenters. The summed E-state index contributed by atoms with van der Waals surface area (Å²) < 4.78 is 0. The van der Waals surface area contributed by atoms with Gasteiger partial charge in [-0.3, -0.25) is 0 Å². The normalized spacial score (nSPS) is 18.8. The summed E-state index contributed by atoms with van der Waals surface area (Å²) in [5.41, 5.74) is 7.44. The fraction of sp³-hybridized carbons (Fsp3) is 0.154. The quantitative estimate of drug-likeness (QED) is 0.578. The SMILES string of the molecule is C=C/C=C(\C)C1CC2=C(C=CCC=C2)N1c1ccc(Nc2ccccc2)cc1. The number of hydrogen-bond donors (Lipinski definition) is 1. The minimum atomic E-state index is 0.323. The highest BCUT2D eigenvalue weighted by Crippen LogP contribution is 2.39. The molecule has 0 aromatic heterocycles. The standard InChI is InChI=1S/C26H26N2/c1-3-10-20(2)26-19-21-11-6-4-9-14-25(21)28(26)24-17-15-23(16-18-24)27-22-12-7-5-8-13-22/h3,5-18,26-27H,1,4,19H2,2H3/b20-10+. The second-order valence-corrected chi connectivity index (χ2v) is 7.23. The molecule has 0 amide bonds. The number of nitrogens with one attached hydrogen (secondary N) is 1. The number of allylic oxidation sites excluding steroid dienone is 6. The van der Waals surface area contributed by atoms with Gasteiger partial charge < -0.3 is 10.2 Å². The monoisotopic (exact) mass is 366 g/mol. The molecule has 0 radical (unpaired) electrons. The predicted molar refractivity (Wildman–Crippen MR) is 121 cm³/mol. The fourth-order valence-electron chi connectivity index (χ4n) is 3.91. The van der Waals surface area contributed by atoms with Gasteiger partial charge in [0.15, 0.2) is 0 Å². The first-order valence-electron chi connectivity index (χ1n) is 9.83. The van der Waals surface area contributed by atoms with Crippen LogP contribution in [-0.4, -0.2) is 6.04 Å². The summed E-state index contributed by atoms with van der Waals surface area (Å²) in [6, 6.07) is 19.3. The number of nitrogens with zero attached hydrogens (tertiary/aromatic N) is 1. The first-order chi connectivity index (χ1) is 13.8. The van der Waals surface area contributed by atoms with E-state index < -0.39 is 0 Å². The van der Waals surface area contributed by atoms with E-state index in [2.05, 4.69) is 90.5 Å². The molecule has 1 aliphatic carbocycles. The zero-order valence-corrected chi connectivity index (χ0v) is 16.3. The zero-order chi connectivity index (χ0) is 19.3. The average molecular weight is 367 g/mol. The van der Waals surface area contributed by atoms with E-state index in [-0.39, 0.29) is 0 Å². The maximum absolute atomic E-state index is 3.88. The van der Waals surface area contributed by atoms with Gasteiger partial charge in [-0.25, -0.2) is 0 Å². The maximum atomic E-state index is 3.88. The van der Waals surface area contributed by atoms with E-state index in [0.29, 0.717) is 6.04 Å². The Labute approximate surface area is 167 Å². The van der Waals surface area contributed by atoms with Gasteiger partial charge in [0.2, 0.25) is 0 Å². The molecule has 2 aromatic rings. The Hall–Kier alpha value is -3.26. The smallest absolute Gasteiger partial charge is 0.0593 e. The van der Waals surface area contributed by atoms with Crippen LogP contribution in [0.25, 0.3) is 0 Å². The molecule has 1 heterocycles. The van der Waals surface area contributed by atoms with Crippen LogP contribution >= 0.6 is 0 Å². The topological polar surface area (TPSA) is 15.3 Å².